The largest absolute Gasteiger partial charge is 0.301 e. The van der Waals surface area contributed by atoms with Gasteiger partial charge in [0.25, 0.3) is 0 Å². The maximum Gasteiger partial charge on any atom is 0.0797 e. The summed E-state index contributed by atoms with van der Waals surface area (Å²) in [5.74, 6) is 5.25. The predicted molar refractivity (Wildman–Crippen MR) is 50.5 cm³/mol. The average Bonchev–Trinajstić information content (AvgIpc) is 1.80. The van der Waals surface area contributed by atoms with Crippen LogP contribution in [-0.4, -0.2) is 6.10 Å². The molecule has 2 nitrogen and oxygen atoms in total. The van der Waals surface area contributed by atoms with Gasteiger partial charge in [0, 0.05) is 0 Å². The highest BCUT2D eigenvalue weighted by atomic mass is 16.6. The van der Waals surface area contributed by atoms with Crippen LogP contribution in [0.5, 0.6) is 0 Å². The molecule has 0 aromatic carbocycles. The molecule has 0 aromatic heterocycles. The Morgan fingerprint density at radius 1 is 1.08 bits per heavy atom. The predicted octanol–water partition coefficient (Wildman–Crippen LogP) is 2.48. The van der Waals surface area contributed by atoms with Gasteiger partial charge in [0.1, 0.15) is 0 Å². The van der Waals surface area contributed by atoms with Gasteiger partial charge in [-0.3, -0.25) is 0 Å². The highest BCUT2D eigenvalue weighted by molar-refractivity contribution is 4.89. The van der Waals surface area contributed by atoms with Crippen LogP contribution in [0.4, 0.5) is 0 Å². The molecule has 0 aliphatic heterocycles. The molecular weight excluding hydrogens is 150 g/mol. The minimum absolute atomic E-state index is 0.253. The minimum Gasteiger partial charge on any atom is -0.301 e. The van der Waals surface area contributed by atoms with Crippen LogP contribution in [-0.2, 0) is 4.84 Å². The summed E-state index contributed by atoms with van der Waals surface area (Å²) in [6.45, 7) is 9.17. The lowest BCUT2D eigenvalue weighted by atomic mass is 9.64. The second-order valence-electron chi connectivity index (χ2n) is 5.67. The third-order valence-corrected chi connectivity index (χ3v) is 2.71. The lowest BCUT2D eigenvalue weighted by Gasteiger charge is -2.43. The van der Waals surface area contributed by atoms with Gasteiger partial charge in [-0.15, -0.1) is 0 Å². The zero-order valence-corrected chi connectivity index (χ0v) is 8.68. The van der Waals surface area contributed by atoms with Crippen molar-refractivity contribution in [1.29, 1.82) is 0 Å². The van der Waals surface area contributed by atoms with Gasteiger partial charge >= 0.3 is 0 Å². The van der Waals surface area contributed by atoms with Gasteiger partial charge in [-0.05, 0) is 30.1 Å². The fourth-order valence-corrected chi connectivity index (χ4v) is 2.84. The van der Waals surface area contributed by atoms with Gasteiger partial charge in [-0.25, -0.2) is 5.90 Å². The van der Waals surface area contributed by atoms with E-state index in [1.165, 1.54) is 6.42 Å². The number of nitrogens with two attached hydrogens (primary N) is 1. The molecule has 2 heteroatoms. The molecule has 72 valence electrons. The van der Waals surface area contributed by atoms with Crippen molar-refractivity contribution in [3.63, 3.8) is 0 Å². The topological polar surface area (TPSA) is 35.2 Å². The molecule has 0 spiro atoms. The van der Waals surface area contributed by atoms with Crippen LogP contribution in [0.3, 0.4) is 0 Å². The van der Waals surface area contributed by atoms with E-state index >= 15 is 0 Å². The van der Waals surface area contributed by atoms with Crippen molar-refractivity contribution in [2.45, 2.75) is 53.1 Å². The highest BCUT2D eigenvalue weighted by Crippen LogP contribution is 2.46. The third-order valence-electron chi connectivity index (χ3n) is 2.71. The fraction of sp³-hybridized carbons (Fsp3) is 1.00. The molecule has 0 heterocycles. The fourth-order valence-electron chi connectivity index (χ4n) is 2.84. The van der Waals surface area contributed by atoms with Gasteiger partial charge in [-0.2, -0.15) is 0 Å². The number of rotatable bonds is 1. The summed E-state index contributed by atoms with van der Waals surface area (Å²) in [6, 6.07) is 0. The summed E-state index contributed by atoms with van der Waals surface area (Å²) in [5.41, 5.74) is 0.761. The van der Waals surface area contributed by atoms with Crippen LogP contribution in [0.2, 0.25) is 0 Å². The molecule has 0 atom stereocenters. The monoisotopic (exact) mass is 171 g/mol. The number of hydrogen-bond acceptors (Lipinski definition) is 2. The van der Waals surface area contributed by atoms with E-state index in [1.807, 2.05) is 0 Å². The summed E-state index contributed by atoms with van der Waals surface area (Å²) in [5, 5.41) is 0. The molecule has 1 aliphatic carbocycles. The second-order valence-corrected chi connectivity index (χ2v) is 5.67. The molecule has 1 saturated carbocycles. The Balaban J connectivity index is 2.66. The average molecular weight is 171 g/mol. The van der Waals surface area contributed by atoms with Gasteiger partial charge in [-0.1, -0.05) is 27.7 Å². The summed E-state index contributed by atoms with van der Waals surface area (Å²) in [7, 11) is 0. The summed E-state index contributed by atoms with van der Waals surface area (Å²) >= 11 is 0. The number of hydrogen-bond donors (Lipinski definition) is 1. The molecule has 0 unspecified atom stereocenters. The first kappa shape index (κ1) is 10.0. The van der Waals surface area contributed by atoms with E-state index in [1.54, 1.807) is 0 Å². The Morgan fingerprint density at radius 2 is 1.50 bits per heavy atom. The Labute approximate surface area is 75.4 Å². The second kappa shape index (κ2) is 3.00. The quantitative estimate of drug-likeness (QED) is 0.615. The molecule has 0 bridgehead atoms. The van der Waals surface area contributed by atoms with E-state index in [0.29, 0.717) is 10.8 Å². The maximum absolute atomic E-state index is 5.25. The van der Waals surface area contributed by atoms with Gasteiger partial charge < -0.3 is 4.84 Å². The molecule has 2 N–H and O–H groups in total. The zero-order valence-electron chi connectivity index (χ0n) is 8.68. The molecule has 0 saturated heterocycles. The van der Waals surface area contributed by atoms with E-state index in [-0.39, 0.29) is 6.10 Å². The van der Waals surface area contributed by atoms with Crippen molar-refractivity contribution in [1.82, 2.24) is 0 Å². The lowest BCUT2D eigenvalue weighted by molar-refractivity contribution is -0.0504. The molecule has 1 rings (SSSR count). The van der Waals surface area contributed by atoms with Crippen molar-refractivity contribution in [2.75, 3.05) is 0 Å². The third kappa shape index (κ3) is 2.46. The summed E-state index contributed by atoms with van der Waals surface area (Å²) in [4.78, 5) is 4.96. The van der Waals surface area contributed by atoms with Gasteiger partial charge in [0.2, 0.25) is 0 Å². The van der Waals surface area contributed by atoms with Crippen LogP contribution in [0.25, 0.3) is 0 Å². The first-order valence-electron chi connectivity index (χ1n) is 4.70. The molecular formula is C10H21NO. The Bertz CT molecular complexity index is 147. The molecule has 1 fully saturated rings. The highest BCUT2D eigenvalue weighted by Gasteiger charge is 2.38. The van der Waals surface area contributed by atoms with E-state index in [9.17, 15) is 0 Å². The van der Waals surface area contributed by atoms with Crippen molar-refractivity contribution in [3.8, 4) is 0 Å². The summed E-state index contributed by atoms with van der Waals surface area (Å²) in [6.07, 6.45) is 3.70. The Hall–Kier alpha value is -0.0800. The molecule has 12 heavy (non-hydrogen) atoms. The van der Waals surface area contributed by atoms with Crippen molar-refractivity contribution in [3.05, 3.63) is 0 Å². The molecule has 0 aromatic rings. The lowest BCUT2D eigenvalue weighted by Crippen LogP contribution is -2.38. The minimum atomic E-state index is 0.253. The van der Waals surface area contributed by atoms with Gasteiger partial charge in [0.15, 0.2) is 0 Å². The normalized spacial score (nSPS) is 28.8. The summed E-state index contributed by atoms with van der Waals surface area (Å²) < 4.78 is 0. The molecule has 0 amide bonds. The van der Waals surface area contributed by atoms with Gasteiger partial charge in [0.05, 0.1) is 6.10 Å². The smallest absolute Gasteiger partial charge is 0.0797 e. The van der Waals surface area contributed by atoms with E-state index in [4.69, 9.17) is 10.7 Å². The van der Waals surface area contributed by atoms with Crippen LogP contribution >= 0.6 is 0 Å². The standard InChI is InChI=1S/C10H21NO/c1-9(2)5-8(12-11)6-10(3,4)7-9/h8H,5-7,11H2,1-4H3. The SMILES string of the molecule is CC1(C)CC(ON)CC(C)(C)C1. The van der Waals surface area contributed by atoms with E-state index < -0.39 is 0 Å². The zero-order chi connectivity index (χ0) is 9.41. The van der Waals surface area contributed by atoms with Crippen molar-refractivity contribution in [2.24, 2.45) is 16.7 Å². The Kier molecular flexibility index (Phi) is 2.50. The van der Waals surface area contributed by atoms with E-state index in [0.717, 1.165) is 12.8 Å². The molecule has 1 aliphatic rings. The maximum atomic E-state index is 5.25. The van der Waals surface area contributed by atoms with Crippen LogP contribution in [0.15, 0.2) is 0 Å². The van der Waals surface area contributed by atoms with Crippen LogP contribution < -0.4 is 5.90 Å². The van der Waals surface area contributed by atoms with E-state index in [2.05, 4.69) is 27.7 Å². The Morgan fingerprint density at radius 3 is 1.83 bits per heavy atom. The first-order chi connectivity index (χ1) is 5.35. The van der Waals surface area contributed by atoms with Crippen LogP contribution in [0, 0.1) is 10.8 Å². The molecule has 0 radical (unpaired) electrons. The van der Waals surface area contributed by atoms with Crippen molar-refractivity contribution < 1.29 is 4.84 Å². The van der Waals surface area contributed by atoms with Crippen molar-refractivity contribution >= 4 is 0 Å². The first-order valence-corrected chi connectivity index (χ1v) is 4.70. The van der Waals surface area contributed by atoms with Crippen LogP contribution in [0.1, 0.15) is 47.0 Å².